The van der Waals surface area contributed by atoms with Crippen molar-refractivity contribution in [2.75, 3.05) is 18.0 Å². The Kier molecular flexibility index (Phi) is 7.20. The molecule has 0 saturated carbocycles. The zero-order valence-electron chi connectivity index (χ0n) is 20.3. The van der Waals surface area contributed by atoms with Crippen molar-refractivity contribution >= 4 is 23.5 Å². The van der Waals surface area contributed by atoms with E-state index in [0.717, 1.165) is 23.0 Å². The van der Waals surface area contributed by atoms with Crippen LogP contribution in [0.15, 0.2) is 36.8 Å². The predicted octanol–water partition coefficient (Wildman–Crippen LogP) is 3.99. The van der Waals surface area contributed by atoms with Gasteiger partial charge in [-0.15, -0.1) is 0 Å². The molecule has 1 fully saturated rings. The molecule has 11 heteroatoms. The fourth-order valence-electron chi connectivity index (χ4n) is 4.14. The first-order valence-corrected chi connectivity index (χ1v) is 11.3. The van der Waals surface area contributed by atoms with Gasteiger partial charge in [-0.1, -0.05) is 0 Å². The summed E-state index contributed by atoms with van der Waals surface area (Å²) in [7, 11) is 1.91. The van der Waals surface area contributed by atoms with Crippen molar-refractivity contribution in [3.05, 3.63) is 65.4 Å². The lowest BCUT2D eigenvalue weighted by molar-refractivity contribution is -0.122. The summed E-state index contributed by atoms with van der Waals surface area (Å²) >= 11 is 0. The summed E-state index contributed by atoms with van der Waals surface area (Å²) in [6.45, 7) is 6.62. The summed E-state index contributed by atoms with van der Waals surface area (Å²) < 4.78 is 36.4. The van der Waals surface area contributed by atoms with Crippen LogP contribution in [-0.4, -0.2) is 55.3 Å². The number of hydrogen-bond donors (Lipinski definition) is 1. The van der Waals surface area contributed by atoms with Gasteiger partial charge in [0.15, 0.2) is 5.65 Å². The number of aromatic nitrogens is 5. The molecule has 0 aliphatic carbocycles. The molecular formula is C25H26F2N6O3. The van der Waals surface area contributed by atoms with Gasteiger partial charge in [-0.25, -0.2) is 23.7 Å². The van der Waals surface area contributed by atoms with E-state index in [-0.39, 0.29) is 24.2 Å². The van der Waals surface area contributed by atoms with Crippen LogP contribution >= 0.6 is 0 Å². The number of carbonyl (C=O) groups is 1. The minimum absolute atomic E-state index is 0.0937. The van der Waals surface area contributed by atoms with Crippen molar-refractivity contribution in [2.24, 2.45) is 7.05 Å². The van der Waals surface area contributed by atoms with Crippen molar-refractivity contribution < 1.29 is 23.4 Å². The van der Waals surface area contributed by atoms with Gasteiger partial charge in [0.2, 0.25) is 5.95 Å². The molecule has 1 aliphatic heterocycles. The Morgan fingerprint density at radius 3 is 2.56 bits per heavy atom. The highest BCUT2D eigenvalue weighted by Gasteiger charge is 2.30. The molecule has 2 atom stereocenters. The third-order valence-corrected chi connectivity index (χ3v) is 5.90. The number of aryl methyl sites for hydroxylation is 3. The first-order chi connectivity index (χ1) is 17.2. The second-order valence-electron chi connectivity index (χ2n) is 8.67. The largest absolute Gasteiger partial charge is 0.483 e. The highest BCUT2D eigenvalue weighted by atomic mass is 19.1. The van der Waals surface area contributed by atoms with E-state index in [1.54, 1.807) is 6.33 Å². The molecule has 3 aromatic heterocycles. The van der Waals surface area contributed by atoms with Crippen LogP contribution in [0.25, 0.3) is 22.3 Å². The number of carboxylic acid groups (broad SMARTS) is 1. The Hall–Kier alpha value is -3.99. The number of morpholine rings is 1. The highest BCUT2D eigenvalue weighted by molar-refractivity contribution is 5.92. The minimum atomic E-state index is -0.680. The van der Waals surface area contributed by atoms with E-state index >= 15 is 0 Å². The Morgan fingerprint density at radius 2 is 1.89 bits per heavy atom. The third-order valence-electron chi connectivity index (χ3n) is 5.90. The van der Waals surface area contributed by atoms with Crippen LogP contribution in [0.5, 0.6) is 0 Å². The molecule has 5 rings (SSSR count). The molecule has 1 aromatic carbocycles. The fourth-order valence-corrected chi connectivity index (χ4v) is 4.14. The number of anilines is 1. The van der Waals surface area contributed by atoms with Gasteiger partial charge >= 0.3 is 0 Å². The third kappa shape index (κ3) is 5.15. The predicted molar refractivity (Wildman–Crippen MR) is 130 cm³/mol. The molecule has 0 unspecified atom stereocenters. The lowest BCUT2D eigenvalue weighted by Crippen LogP contribution is -2.43. The van der Waals surface area contributed by atoms with Crippen molar-refractivity contribution in [2.45, 2.75) is 33.0 Å². The average molecular weight is 497 g/mol. The first-order valence-electron chi connectivity index (χ1n) is 11.3. The number of imidazole rings is 1. The lowest BCUT2D eigenvalue weighted by atomic mass is 10.1. The number of benzene rings is 1. The second kappa shape index (κ2) is 10.3. The summed E-state index contributed by atoms with van der Waals surface area (Å²) in [6, 6.07) is 5.40. The molecule has 188 valence electrons. The van der Waals surface area contributed by atoms with Crippen molar-refractivity contribution in [3.8, 4) is 11.3 Å². The van der Waals surface area contributed by atoms with Gasteiger partial charge in [0, 0.05) is 42.5 Å². The summed E-state index contributed by atoms with van der Waals surface area (Å²) in [6.07, 6.45) is 3.31. The number of nitrogens with zero attached hydrogens (tertiary/aromatic N) is 6. The number of fused-ring (bicyclic) bond motifs is 1. The van der Waals surface area contributed by atoms with E-state index in [4.69, 9.17) is 24.6 Å². The molecule has 4 aromatic rings. The van der Waals surface area contributed by atoms with Gasteiger partial charge < -0.3 is 19.3 Å². The van der Waals surface area contributed by atoms with Crippen LogP contribution in [-0.2, 0) is 16.6 Å². The highest BCUT2D eigenvalue weighted by Crippen LogP contribution is 2.33. The molecule has 0 radical (unpaired) electrons. The van der Waals surface area contributed by atoms with Crippen molar-refractivity contribution in [3.63, 3.8) is 0 Å². The normalized spacial score (nSPS) is 17.6. The number of pyridine rings is 1. The zero-order chi connectivity index (χ0) is 26.0. The van der Waals surface area contributed by atoms with Crippen LogP contribution in [0.4, 0.5) is 14.7 Å². The smallest absolute Gasteiger partial charge is 0.290 e. The molecule has 36 heavy (non-hydrogen) atoms. The van der Waals surface area contributed by atoms with Crippen LogP contribution in [0.1, 0.15) is 30.0 Å². The molecule has 1 aliphatic rings. The molecule has 0 bridgehead atoms. The van der Waals surface area contributed by atoms with E-state index in [2.05, 4.69) is 9.97 Å². The summed E-state index contributed by atoms with van der Waals surface area (Å²) in [4.78, 5) is 28.9. The van der Waals surface area contributed by atoms with Gasteiger partial charge in [0.1, 0.15) is 17.7 Å². The maximum atomic E-state index is 14.8. The van der Waals surface area contributed by atoms with Gasteiger partial charge in [-0.3, -0.25) is 4.79 Å². The molecule has 1 N–H and O–H groups in total. The zero-order valence-corrected chi connectivity index (χ0v) is 20.3. The number of rotatable bonds is 3. The monoisotopic (exact) mass is 496 g/mol. The Morgan fingerprint density at radius 1 is 1.14 bits per heavy atom. The molecule has 9 nitrogen and oxygen atoms in total. The van der Waals surface area contributed by atoms with Crippen LogP contribution in [0.3, 0.4) is 0 Å². The van der Waals surface area contributed by atoms with Crippen molar-refractivity contribution in [1.82, 2.24) is 24.5 Å². The Labute approximate surface area is 206 Å². The maximum Gasteiger partial charge on any atom is 0.290 e. The summed E-state index contributed by atoms with van der Waals surface area (Å²) in [5.74, 6) is -0.894. The average Bonchev–Trinajstić information content (AvgIpc) is 3.26. The number of hydrogen-bond acceptors (Lipinski definition) is 7. The topological polar surface area (TPSA) is 106 Å². The molecule has 0 spiro atoms. The standard InChI is InChI=1S/C24H24F2N6O.CH2O2/c1-13-7-18-22(17-6-5-16(25)8-19(17)26)29-24(30-23(18)28-15(13)3)32-9-14(2)33-21(11-32)20-10-31(4)12-27-20;2-1-3/h5-8,10,12,14,21H,9,11H2,1-4H3;1H,(H,2,3)/t14-,21-;/m1./s1. The second-order valence-corrected chi connectivity index (χ2v) is 8.67. The maximum absolute atomic E-state index is 14.8. The van der Waals surface area contributed by atoms with Gasteiger partial charge in [-0.2, -0.15) is 4.98 Å². The SMILES string of the molecule is Cc1cc2c(-c3ccc(F)cc3F)nc(N3C[C@@H](C)O[C@@H](c4cn(C)cn4)C3)nc2nc1C.O=CO. The quantitative estimate of drug-likeness (QED) is 0.425. The van der Waals surface area contributed by atoms with Gasteiger partial charge in [0.05, 0.1) is 30.4 Å². The van der Waals surface area contributed by atoms with E-state index in [1.807, 2.05) is 49.5 Å². The number of halogens is 2. The first kappa shape index (κ1) is 25.1. The van der Waals surface area contributed by atoms with Crippen molar-refractivity contribution in [1.29, 1.82) is 0 Å². The molecule has 1 saturated heterocycles. The van der Waals surface area contributed by atoms with Gasteiger partial charge in [-0.05, 0) is 44.5 Å². The Bertz CT molecular complexity index is 1410. The molecule has 4 heterocycles. The van der Waals surface area contributed by atoms with E-state index in [1.165, 1.54) is 12.1 Å². The van der Waals surface area contributed by atoms with Crippen LogP contribution in [0, 0.1) is 25.5 Å². The van der Waals surface area contributed by atoms with Crippen LogP contribution < -0.4 is 4.90 Å². The van der Waals surface area contributed by atoms with E-state index in [9.17, 15) is 8.78 Å². The van der Waals surface area contributed by atoms with Crippen LogP contribution in [0.2, 0.25) is 0 Å². The van der Waals surface area contributed by atoms with Gasteiger partial charge in [0.25, 0.3) is 6.47 Å². The minimum Gasteiger partial charge on any atom is -0.483 e. The Balaban J connectivity index is 0.000000967. The molecular weight excluding hydrogens is 470 g/mol. The number of ether oxygens (including phenoxy) is 1. The summed E-state index contributed by atoms with van der Waals surface area (Å²) in [5.41, 5.74) is 3.66. The van der Waals surface area contributed by atoms with E-state index in [0.29, 0.717) is 35.8 Å². The van der Waals surface area contributed by atoms with E-state index < -0.39 is 11.6 Å². The fraction of sp³-hybridized carbons (Fsp3) is 0.320. The summed E-state index contributed by atoms with van der Waals surface area (Å²) in [5, 5.41) is 7.51. The lowest BCUT2D eigenvalue weighted by Gasteiger charge is -2.36. The molecule has 0 amide bonds.